The highest BCUT2D eigenvalue weighted by Crippen LogP contribution is 2.24. The molecule has 2 amide bonds. The van der Waals surface area contributed by atoms with E-state index in [-0.39, 0.29) is 44.0 Å². The molecular weight excluding hydrogens is 570 g/mol. The first-order valence-corrected chi connectivity index (χ1v) is 15.2. The van der Waals surface area contributed by atoms with E-state index in [4.69, 9.17) is 16.3 Å². The predicted molar refractivity (Wildman–Crippen MR) is 151 cm³/mol. The number of esters is 1. The van der Waals surface area contributed by atoms with Gasteiger partial charge in [0.2, 0.25) is 21.8 Å². The molecule has 5 rings (SSSR count). The number of aliphatic hydroxyl groups excluding tert-OH is 1. The summed E-state index contributed by atoms with van der Waals surface area (Å²) in [5, 5.41) is 12.2. The number of likely N-dealkylation sites (tertiary alicyclic amines) is 2. The van der Waals surface area contributed by atoms with Gasteiger partial charge >= 0.3 is 5.97 Å². The van der Waals surface area contributed by atoms with Crippen LogP contribution in [-0.2, 0) is 35.8 Å². The Bertz CT molecular complexity index is 1570. The van der Waals surface area contributed by atoms with E-state index >= 15 is 0 Å². The number of sulfonamides is 1. The summed E-state index contributed by atoms with van der Waals surface area (Å²) >= 11 is 6.02. The molecule has 3 unspecified atom stereocenters. The second-order valence-corrected chi connectivity index (χ2v) is 12.4. The highest BCUT2D eigenvalue weighted by molar-refractivity contribution is 7.89. The number of benzene rings is 3. The Morgan fingerprint density at radius 2 is 1.78 bits per heavy atom. The van der Waals surface area contributed by atoms with E-state index in [2.05, 4.69) is 4.72 Å². The Kier molecular flexibility index (Phi) is 8.60. The van der Waals surface area contributed by atoms with E-state index in [9.17, 15) is 27.9 Å². The number of halogens is 1. The number of aliphatic hydroxyl groups is 1. The summed E-state index contributed by atoms with van der Waals surface area (Å²) in [7, 11) is -4.04. The van der Waals surface area contributed by atoms with Crippen LogP contribution in [0.3, 0.4) is 0 Å². The first-order chi connectivity index (χ1) is 19.6. The number of piperidine rings is 1. The third-order valence-electron chi connectivity index (χ3n) is 7.33. The minimum Gasteiger partial charge on any atom is -0.459 e. The average molecular weight is 600 g/mol. The van der Waals surface area contributed by atoms with Crippen LogP contribution in [-0.4, -0.2) is 78.9 Å². The average Bonchev–Trinajstić information content (AvgIpc) is 3.36. The molecule has 2 fully saturated rings. The van der Waals surface area contributed by atoms with Crippen LogP contribution >= 0.6 is 11.6 Å². The maximum Gasteiger partial charge on any atom is 0.329 e. The number of β-amino-alcohol motifs (C(OH)–C–C–N with tert-alkyl or cyclic N) is 1. The van der Waals surface area contributed by atoms with Crippen molar-refractivity contribution in [2.75, 3.05) is 19.6 Å². The molecule has 3 aromatic rings. The third kappa shape index (κ3) is 6.70. The van der Waals surface area contributed by atoms with Gasteiger partial charge in [-0.1, -0.05) is 54.1 Å². The van der Waals surface area contributed by atoms with Crippen molar-refractivity contribution in [2.24, 2.45) is 0 Å². The van der Waals surface area contributed by atoms with Crippen LogP contribution in [0.1, 0.15) is 24.8 Å². The third-order valence-corrected chi connectivity index (χ3v) is 9.04. The molecule has 10 nitrogen and oxygen atoms in total. The Morgan fingerprint density at radius 1 is 1.05 bits per heavy atom. The van der Waals surface area contributed by atoms with Gasteiger partial charge in [0.1, 0.15) is 18.7 Å². The number of carbonyl (C=O) groups excluding carboxylic acids is 3. The minimum absolute atomic E-state index is 0.0104. The molecule has 216 valence electrons. The summed E-state index contributed by atoms with van der Waals surface area (Å²) in [6.07, 6.45) is -0.104. The van der Waals surface area contributed by atoms with Crippen molar-refractivity contribution in [3.63, 3.8) is 0 Å². The molecule has 0 aliphatic carbocycles. The number of nitrogens with zero attached hydrogens (tertiary/aromatic N) is 2. The monoisotopic (exact) mass is 599 g/mol. The fraction of sp³-hybridized carbons (Fsp3) is 0.345. The molecule has 2 aliphatic heterocycles. The van der Waals surface area contributed by atoms with Crippen LogP contribution < -0.4 is 4.72 Å². The topological polar surface area (TPSA) is 133 Å². The highest BCUT2D eigenvalue weighted by atomic mass is 35.5. The lowest BCUT2D eigenvalue weighted by atomic mass is 10.1. The van der Waals surface area contributed by atoms with E-state index in [0.29, 0.717) is 16.8 Å². The molecule has 12 heteroatoms. The SMILES string of the molecule is O=C(OCc1ccccc1)C1CC(O)CN1C(=O)CN1CCCC(NS(=O)(=O)c2ccc3cc(Cl)ccc3c2)C1=O. The largest absolute Gasteiger partial charge is 0.459 e. The zero-order valence-corrected chi connectivity index (χ0v) is 23.7. The van der Waals surface area contributed by atoms with Crippen LogP contribution in [0.5, 0.6) is 0 Å². The lowest BCUT2D eigenvalue weighted by molar-refractivity contribution is -0.155. The number of nitrogens with one attached hydrogen (secondary N) is 1. The van der Waals surface area contributed by atoms with Crippen molar-refractivity contribution in [2.45, 2.75) is 49.0 Å². The Hall–Kier alpha value is -3.51. The van der Waals surface area contributed by atoms with Gasteiger partial charge in [0.25, 0.3) is 0 Å². The van der Waals surface area contributed by atoms with Gasteiger partial charge in [-0.25, -0.2) is 13.2 Å². The van der Waals surface area contributed by atoms with Gasteiger partial charge in [0.05, 0.1) is 17.5 Å². The standard InChI is InChI=1S/C29H30ClN3O7S/c30-22-10-8-21-14-24(11-9-20(21)13-22)41(38,39)31-25-7-4-12-32(28(25)36)17-27(35)33-16-23(34)15-26(33)29(37)40-18-19-5-2-1-3-6-19/h1-3,5-6,8-11,13-14,23,25-26,31,34H,4,7,12,15-18H2. The normalized spacial score (nSPS) is 21.3. The minimum atomic E-state index is -4.04. The molecule has 2 aliphatic rings. The van der Waals surface area contributed by atoms with Crippen molar-refractivity contribution in [3.05, 3.63) is 77.3 Å². The first-order valence-electron chi connectivity index (χ1n) is 13.3. The zero-order chi connectivity index (χ0) is 29.1. The van der Waals surface area contributed by atoms with Crippen molar-refractivity contribution in [1.82, 2.24) is 14.5 Å². The molecule has 41 heavy (non-hydrogen) atoms. The van der Waals surface area contributed by atoms with Gasteiger partial charge in [-0.3, -0.25) is 9.59 Å². The number of amides is 2. The summed E-state index contributed by atoms with van der Waals surface area (Å²) in [4.78, 5) is 41.8. The molecule has 0 saturated carbocycles. The van der Waals surface area contributed by atoms with Gasteiger partial charge in [0, 0.05) is 24.5 Å². The second kappa shape index (κ2) is 12.2. The summed E-state index contributed by atoms with van der Waals surface area (Å²) in [5.41, 5.74) is 0.790. The van der Waals surface area contributed by atoms with Crippen LogP contribution in [0, 0.1) is 0 Å². The number of hydrogen-bond donors (Lipinski definition) is 2. The van der Waals surface area contributed by atoms with Crippen molar-refractivity contribution in [3.8, 4) is 0 Å². The lowest BCUT2D eigenvalue weighted by Gasteiger charge is -2.33. The first kappa shape index (κ1) is 29.0. The van der Waals surface area contributed by atoms with Gasteiger partial charge < -0.3 is 19.6 Å². The van der Waals surface area contributed by atoms with Crippen LogP contribution in [0.15, 0.2) is 71.6 Å². The molecule has 2 heterocycles. The number of ether oxygens (including phenoxy) is 1. The van der Waals surface area contributed by atoms with E-state index < -0.39 is 46.0 Å². The smallest absolute Gasteiger partial charge is 0.329 e. The van der Waals surface area contributed by atoms with E-state index in [1.807, 2.05) is 30.3 Å². The van der Waals surface area contributed by atoms with Crippen LogP contribution in [0.25, 0.3) is 10.8 Å². The van der Waals surface area contributed by atoms with Crippen LogP contribution in [0.4, 0.5) is 0 Å². The number of carbonyl (C=O) groups is 3. The number of fused-ring (bicyclic) bond motifs is 1. The quantitative estimate of drug-likeness (QED) is 0.380. The highest BCUT2D eigenvalue weighted by Gasteiger charge is 2.41. The molecule has 3 aromatic carbocycles. The molecular formula is C29H30ClN3O7S. The van der Waals surface area contributed by atoms with Crippen LogP contribution in [0.2, 0.25) is 5.02 Å². The molecule has 2 saturated heterocycles. The maximum absolute atomic E-state index is 13.2. The second-order valence-electron chi connectivity index (χ2n) is 10.3. The zero-order valence-electron chi connectivity index (χ0n) is 22.1. The Balaban J connectivity index is 1.22. The van der Waals surface area contributed by atoms with E-state index in [0.717, 1.165) is 10.9 Å². The van der Waals surface area contributed by atoms with Crippen molar-refractivity contribution < 1.29 is 32.6 Å². The fourth-order valence-corrected chi connectivity index (χ4v) is 6.65. The van der Waals surface area contributed by atoms with Crippen molar-refractivity contribution >= 4 is 50.2 Å². The Morgan fingerprint density at radius 3 is 2.56 bits per heavy atom. The van der Waals surface area contributed by atoms with Gasteiger partial charge in [-0.05, 0) is 53.4 Å². The summed E-state index contributed by atoms with van der Waals surface area (Å²) in [5.74, 6) is -1.68. The van der Waals surface area contributed by atoms with Crippen molar-refractivity contribution in [1.29, 1.82) is 0 Å². The van der Waals surface area contributed by atoms with E-state index in [1.165, 1.54) is 21.9 Å². The molecule has 0 bridgehead atoms. The van der Waals surface area contributed by atoms with E-state index in [1.54, 1.807) is 24.3 Å². The predicted octanol–water partition coefficient (Wildman–Crippen LogP) is 2.47. The maximum atomic E-state index is 13.2. The number of hydrogen-bond acceptors (Lipinski definition) is 7. The van der Waals surface area contributed by atoms with Gasteiger partial charge in [0.15, 0.2) is 0 Å². The fourth-order valence-electron chi connectivity index (χ4n) is 5.22. The van der Waals surface area contributed by atoms with Gasteiger partial charge in [-0.15, -0.1) is 0 Å². The molecule has 2 N–H and O–H groups in total. The summed E-state index contributed by atoms with van der Waals surface area (Å²) in [6, 6.07) is 16.8. The summed E-state index contributed by atoms with van der Waals surface area (Å²) in [6.45, 7) is -0.108. The van der Waals surface area contributed by atoms with Gasteiger partial charge in [-0.2, -0.15) is 4.72 Å². The molecule has 3 atom stereocenters. The molecule has 0 spiro atoms. The molecule has 0 aromatic heterocycles. The summed E-state index contributed by atoms with van der Waals surface area (Å²) < 4.78 is 34.2. The lowest BCUT2D eigenvalue weighted by Crippen LogP contribution is -2.55. The Labute approximate surface area is 242 Å². The molecule has 0 radical (unpaired) electrons. The number of rotatable bonds is 8.